The van der Waals surface area contributed by atoms with E-state index in [1.807, 2.05) is 12.1 Å². The molecule has 1 N–H and O–H groups in total. The molecule has 0 unspecified atom stereocenters. The summed E-state index contributed by atoms with van der Waals surface area (Å²) in [4.78, 5) is 29.2. The monoisotopic (exact) mass is 561 g/mol. The third kappa shape index (κ3) is 4.70. The maximum atomic E-state index is 13.4. The zero-order chi connectivity index (χ0) is 26.1. The van der Waals surface area contributed by atoms with Crippen LogP contribution in [-0.4, -0.2) is 40.2 Å². The van der Waals surface area contributed by atoms with Crippen LogP contribution in [0.1, 0.15) is 12.5 Å². The highest BCUT2D eigenvalue weighted by atomic mass is 79.9. The second kappa shape index (κ2) is 9.90. The number of halogens is 1. The lowest BCUT2D eigenvalue weighted by molar-refractivity contribution is -0.144. The Hall–Kier alpha value is -4.44. The van der Waals surface area contributed by atoms with E-state index in [4.69, 9.17) is 19.0 Å². The van der Waals surface area contributed by atoms with Crippen molar-refractivity contribution in [3.63, 3.8) is 0 Å². The molecule has 0 saturated carbocycles. The molecule has 0 aliphatic rings. The molecular formula is C27H20BrN3O6. The number of carboxylic acids is 1. The van der Waals surface area contributed by atoms with Crippen LogP contribution in [0.15, 0.2) is 85.5 Å². The van der Waals surface area contributed by atoms with E-state index in [0.29, 0.717) is 43.8 Å². The largest absolute Gasteiger partial charge is 0.496 e. The zero-order valence-electron chi connectivity index (χ0n) is 19.7. The van der Waals surface area contributed by atoms with Crippen molar-refractivity contribution in [3.05, 3.63) is 87.1 Å². The number of aromatic nitrogens is 2. The highest BCUT2D eigenvalue weighted by Crippen LogP contribution is 2.33. The molecule has 0 aliphatic carbocycles. The van der Waals surface area contributed by atoms with Gasteiger partial charge in [0.2, 0.25) is 5.82 Å². The molecule has 2 heterocycles. The average molecular weight is 562 g/mol. The third-order valence-corrected chi connectivity index (χ3v) is 6.26. The van der Waals surface area contributed by atoms with Gasteiger partial charge < -0.3 is 19.0 Å². The fraction of sp³-hybridized carbons (Fsp3) is 0.111. The molecule has 0 bridgehead atoms. The van der Waals surface area contributed by atoms with E-state index < -0.39 is 12.1 Å². The van der Waals surface area contributed by atoms with E-state index in [9.17, 15) is 9.59 Å². The molecule has 3 aromatic carbocycles. The van der Waals surface area contributed by atoms with Gasteiger partial charge in [-0.2, -0.15) is 9.78 Å². The minimum atomic E-state index is -1.07. The van der Waals surface area contributed by atoms with Gasteiger partial charge >= 0.3 is 5.97 Å². The number of hydrogen-bond donors (Lipinski definition) is 1. The molecule has 10 heteroatoms. The maximum Gasteiger partial charge on any atom is 0.344 e. The lowest BCUT2D eigenvalue weighted by Gasteiger charge is -2.12. The van der Waals surface area contributed by atoms with Gasteiger partial charge in [-0.25, -0.2) is 9.78 Å². The van der Waals surface area contributed by atoms with Crippen LogP contribution in [0.5, 0.6) is 11.5 Å². The number of rotatable bonds is 7. The highest BCUT2D eigenvalue weighted by Gasteiger charge is 2.18. The lowest BCUT2D eigenvalue weighted by Crippen LogP contribution is -2.23. The molecule has 186 valence electrons. The number of ether oxygens (including phenoxy) is 2. The molecule has 0 aliphatic heterocycles. The Morgan fingerprint density at radius 1 is 1.11 bits per heavy atom. The Kier molecular flexibility index (Phi) is 6.49. The van der Waals surface area contributed by atoms with Gasteiger partial charge in [-0.1, -0.05) is 18.2 Å². The van der Waals surface area contributed by atoms with Crippen LogP contribution in [0.25, 0.3) is 33.5 Å². The quantitative estimate of drug-likeness (QED) is 0.267. The summed E-state index contributed by atoms with van der Waals surface area (Å²) in [5.74, 6) is 0.514. The van der Waals surface area contributed by atoms with E-state index in [2.05, 4.69) is 26.0 Å². The summed E-state index contributed by atoms with van der Waals surface area (Å²) in [6, 6.07) is 19.3. The number of carbonyl (C=O) groups is 1. The number of benzene rings is 3. The van der Waals surface area contributed by atoms with Crippen LogP contribution in [0.3, 0.4) is 0 Å². The van der Waals surface area contributed by atoms with Crippen LogP contribution in [-0.2, 0) is 4.79 Å². The molecule has 5 aromatic rings. The summed E-state index contributed by atoms with van der Waals surface area (Å²) < 4.78 is 18.6. The Bertz CT molecular complexity index is 1740. The van der Waals surface area contributed by atoms with Crippen molar-refractivity contribution in [2.75, 3.05) is 7.11 Å². The van der Waals surface area contributed by atoms with Gasteiger partial charge in [0.15, 0.2) is 11.9 Å². The Morgan fingerprint density at radius 2 is 1.92 bits per heavy atom. The summed E-state index contributed by atoms with van der Waals surface area (Å²) in [6.45, 7) is 1.44. The van der Waals surface area contributed by atoms with Crippen molar-refractivity contribution < 1.29 is 23.8 Å². The normalized spacial score (nSPS) is 12.3. The summed E-state index contributed by atoms with van der Waals surface area (Å²) in [5, 5.41) is 14.7. The van der Waals surface area contributed by atoms with Gasteiger partial charge in [0.05, 0.1) is 34.1 Å². The molecular weight excluding hydrogens is 542 g/mol. The number of furan rings is 1. The van der Waals surface area contributed by atoms with E-state index in [1.54, 1.807) is 61.7 Å². The number of aliphatic carboxylic acids is 1. The second-order valence-corrected chi connectivity index (χ2v) is 8.94. The van der Waals surface area contributed by atoms with E-state index >= 15 is 0 Å². The summed E-state index contributed by atoms with van der Waals surface area (Å²) in [6.07, 6.45) is 0.489. The molecule has 9 nitrogen and oxygen atoms in total. The topological polar surface area (TPSA) is 116 Å². The summed E-state index contributed by atoms with van der Waals surface area (Å²) in [7, 11) is 1.58. The first-order chi connectivity index (χ1) is 17.9. The van der Waals surface area contributed by atoms with E-state index in [-0.39, 0.29) is 11.4 Å². The van der Waals surface area contributed by atoms with Crippen LogP contribution >= 0.6 is 15.9 Å². The smallest absolute Gasteiger partial charge is 0.344 e. The number of fused-ring (bicyclic) bond motifs is 2. The Balaban J connectivity index is 1.60. The fourth-order valence-electron chi connectivity index (χ4n) is 3.77. The van der Waals surface area contributed by atoms with Gasteiger partial charge in [-0.05, 0) is 76.9 Å². The Morgan fingerprint density at radius 3 is 2.68 bits per heavy atom. The summed E-state index contributed by atoms with van der Waals surface area (Å²) >= 11 is 3.40. The van der Waals surface area contributed by atoms with Gasteiger partial charge in [-0.3, -0.25) is 4.79 Å². The molecule has 1 atom stereocenters. The van der Waals surface area contributed by atoms with Crippen molar-refractivity contribution in [3.8, 4) is 23.1 Å². The third-order valence-electron chi connectivity index (χ3n) is 5.65. The molecule has 0 spiro atoms. The number of hydrogen-bond acceptors (Lipinski definition) is 7. The van der Waals surface area contributed by atoms with Crippen molar-refractivity contribution >= 4 is 50.0 Å². The van der Waals surface area contributed by atoms with Crippen molar-refractivity contribution in [1.29, 1.82) is 0 Å². The molecule has 0 radical (unpaired) electrons. The molecule has 0 fully saturated rings. The molecule has 0 saturated heterocycles. The van der Waals surface area contributed by atoms with Gasteiger partial charge in [0, 0.05) is 0 Å². The number of para-hydroxylation sites is 1. The van der Waals surface area contributed by atoms with Crippen molar-refractivity contribution in [2.24, 2.45) is 5.10 Å². The fourth-order valence-corrected chi connectivity index (χ4v) is 4.26. The van der Waals surface area contributed by atoms with Crippen LogP contribution in [0.2, 0.25) is 0 Å². The van der Waals surface area contributed by atoms with Crippen LogP contribution in [0, 0.1) is 0 Å². The predicted octanol–water partition coefficient (Wildman–Crippen LogP) is 5.31. The first-order valence-electron chi connectivity index (χ1n) is 11.2. The highest BCUT2D eigenvalue weighted by molar-refractivity contribution is 9.10. The Labute approximate surface area is 218 Å². The second-order valence-electron chi connectivity index (χ2n) is 8.08. The molecule has 2 aromatic heterocycles. The van der Waals surface area contributed by atoms with Crippen molar-refractivity contribution in [1.82, 2.24) is 9.66 Å². The van der Waals surface area contributed by atoms with Crippen LogP contribution < -0.4 is 15.0 Å². The minimum absolute atomic E-state index is 0.229. The maximum absolute atomic E-state index is 13.4. The predicted molar refractivity (Wildman–Crippen MR) is 143 cm³/mol. The average Bonchev–Trinajstić information content (AvgIpc) is 3.34. The first-order valence-corrected chi connectivity index (χ1v) is 12.0. The number of nitrogens with zero attached hydrogens (tertiary/aromatic N) is 3. The molecule has 37 heavy (non-hydrogen) atoms. The number of methoxy groups -OCH3 is 1. The van der Waals surface area contributed by atoms with E-state index in [0.717, 1.165) is 5.39 Å². The van der Waals surface area contributed by atoms with E-state index in [1.165, 1.54) is 17.8 Å². The van der Waals surface area contributed by atoms with Gasteiger partial charge in [0.25, 0.3) is 5.56 Å². The standard InChI is InChI=1S/C27H20BrN3O6/c1-15(27(33)34)36-23-11-10-16(12-19(23)28)14-29-31-25(30-20-7-4-3-6-17(20)26(31)32)24-13-18-21(35-2)8-5-9-22(18)37-24/h3-15H,1-2H3,(H,33,34)/t15-/m0/s1. The molecule has 5 rings (SSSR count). The number of carboxylic acid groups (broad SMARTS) is 1. The lowest BCUT2D eigenvalue weighted by atomic mass is 10.2. The molecule has 0 amide bonds. The van der Waals surface area contributed by atoms with Crippen LogP contribution in [0.4, 0.5) is 0 Å². The SMILES string of the molecule is COc1cccc2oc(-c3nc4ccccc4c(=O)n3N=Cc3ccc(O[C@@H](C)C(=O)O)c(Br)c3)cc12. The van der Waals surface area contributed by atoms with Gasteiger partial charge in [-0.15, -0.1) is 0 Å². The first kappa shape index (κ1) is 24.3. The van der Waals surface area contributed by atoms with Gasteiger partial charge in [0.1, 0.15) is 17.1 Å². The minimum Gasteiger partial charge on any atom is -0.496 e. The zero-order valence-corrected chi connectivity index (χ0v) is 21.3. The summed E-state index contributed by atoms with van der Waals surface area (Å²) in [5.41, 5.74) is 1.37. The van der Waals surface area contributed by atoms with Crippen molar-refractivity contribution in [2.45, 2.75) is 13.0 Å².